The van der Waals surface area contributed by atoms with Gasteiger partial charge in [-0.25, -0.2) is 4.99 Å². The van der Waals surface area contributed by atoms with Gasteiger partial charge in [-0.2, -0.15) is 0 Å². The van der Waals surface area contributed by atoms with E-state index in [-0.39, 0.29) is 6.04 Å². The lowest BCUT2D eigenvalue weighted by Crippen LogP contribution is -1.91. The van der Waals surface area contributed by atoms with Crippen molar-refractivity contribution in [1.29, 1.82) is 0 Å². The van der Waals surface area contributed by atoms with Crippen LogP contribution in [0.25, 0.3) is 0 Å². The summed E-state index contributed by atoms with van der Waals surface area (Å²) >= 11 is 4.61. The molecule has 1 aromatic carbocycles. The Morgan fingerprint density at radius 3 is 2.93 bits per heavy atom. The fraction of sp³-hybridized carbons (Fsp3) is 0.417. The van der Waals surface area contributed by atoms with Crippen LogP contribution in [0.4, 0.5) is 0 Å². The molecule has 2 heteroatoms. The van der Waals surface area contributed by atoms with Gasteiger partial charge in [0, 0.05) is 0 Å². The van der Waals surface area contributed by atoms with Gasteiger partial charge in [0.05, 0.1) is 11.2 Å². The van der Waals surface area contributed by atoms with E-state index in [1.807, 2.05) is 0 Å². The number of thiocarbonyl (C=S) groups is 1. The van der Waals surface area contributed by atoms with E-state index in [1.165, 1.54) is 36.0 Å². The molecule has 0 aliphatic heterocycles. The Kier molecular flexibility index (Phi) is 2.76. The lowest BCUT2D eigenvalue weighted by molar-refractivity contribution is 0.825. The SMILES string of the molecule is CC(N=C=S)c1ccc2c(c1)CCC2. The van der Waals surface area contributed by atoms with Crippen molar-refractivity contribution in [3.63, 3.8) is 0 Å². The molecule has 1 aliphatic rings. The van der Waals surface area contributed by atoms with Crippen molar-refractivity contribution in [3.8, 4) is 0 Å². The monoisotopic (exact) mass is 203 g/mol. The van der Waals surface area contributed by atoms with Gasteiger partial charge in [-0.05, 0) is 55.1 Å². The zero-order valence-electron chi connectivity index (χ0n) is 8.29. The molecule has 1 unspecified atom stereocenters. The van der Waals surface area contributed by atoms with Crippen LogP contribution in [0, 0.1) is 0 Å². The van der Waals surface area contributed by atoms with Gasteiger partial charge in [0.1, 0.15) is 0 Å². The molecule has 1 atom stereocenters. The fourth-order valence-corrected chi connectivity index (χ4v) is 2.16. The van der Waals surface area contributed by atoms with Gasteiger partial charge >= 0.3 is 0 Å². The number of hydrogen-bond donors (Lipinski definition) is 0. The number of rotatable bonds is 2. The Bertz CT molecular complexity index is 391. The smallest absolute Gasteiger partial charge is 0.0824 e. The molecule has 0 spiro atoms. The lowest BCUT2D eigenvalue weighted by Gasteiger charge is -2.07. The summed E-state index contributed by atoms with van der Waals surface area (Å²) in [6.45, 7) is 2.05. The van der Waals surface area contributed by atoms with Gasteiger partial charge in [-0.15, -0.1) is 0 Å². The first kappa shape index (κ1) is 9.57. The van der Waals surface area contributed by atoms with Crippen molar-refractivity contribution in [2.24, 2.45) is 4.99 Å². The lowest BCUT2D eigenvalue weighted by atomic mass is 10.0. The third kappa shape index (κ3) is 1.77. The van der Waals surface area contributed by atoms with Crippen molar-refractivity contribution >= 4 is 17.4 Å². The van der Waals surface area contributed by atoms with Crippen LogP contribution in [0.2, 0.25) is 0 Å². The number of fused-ring (bicyclic) bond motifs is 1. The van der Waals surface area contributed by atoms with Crippen molar-refractivity contribution in [2.75, 3.05) is 0 Å². The number of benzene rings is 1. The van der Waals surface area contributed by atoms with Gasteiger partial charge in [0.2, 0.25) is 0 Å². The molecule has 0 heterocycles. The third-order valence-corrected chi connectivity index (χ3v) is 2.96. The van der Waals surface area contributed by atoms with Crippen molar-refractivity contribution < 1.29 is 0 Å². The molecule has 14 heavy (non-hydrogen) atoms. The maximum absolute atomic E-state index is 4.61. The van der Waals surface area contributed by atoms with Gasteiger partial charge in [0.15, 0.2) is 0 Å². The van der Waals surface area contributed by atoms with E-state index in [1.54, 1.807) is 0 Å². The molecular formula is C12H13NS. The molecular weight excluding hydrogens is 190 g/mol. The van der Waals surface area contributed by atoms with E-state index in [0.29, 0.717) is 0 Å². The number of nitrogens with zero attached hydrogens (tertiary/aromatic N) is 1. The van der Waals surface area contributed by atoms with Gasteiger partial charge in [-0.3, -0.25) is 0 Å². The maximum atomic E-state index is 4.61. The van der Waals surface area contributed by atoms with Crippen LogP contribution in [0.1, 0.15) is 36.1 Å². The number of hydrogen-bond acceptors (Lipinski definition) is 2. The minimum absolute atomic E-state index is 0.151. The summed E-state index contributed by atoms with van der Waals surface area (Å²) in [6.07, 6.45) is 3.75. The molecule has 0 saturated heterocycles. The Morgan fingerprint density at radius 1 is 1.36 bits per heavy atom. The second kappa shape index (κ2) is 4.04. The first-order valence-corrected chi connectivity index (χ1v) is 5.41. The minimum atomic E-state index is 0.151. The predicted octanol–water partition coefficient (Wildman–Crippen LogP) is 3.34. The standard InChI is InChI=1S/C12H13NS/c1-9(13-8-14)11-6-5-10-3-2-4-12(10)7-11/h5-7,9H,2-4H2,1H3. The molecule has 1 aromatic rings. The Balaban J connectivity index is 2.32. The van der Waals surface area contributed by atoms with E-state index in [2.05, 4.69) is 47.5 Å². The average Bonchev–Trinajstić information content (AvgIpc) is 2.64. The Hall–Kier alpha value is -0.980. The summed E-state index contributed by atoms with van der Waals surface area (Å²) in [5.74, 6) is 0. The summed E-state index contributed by atoms with van der Waals surface area (Å²) in [4.78, 5) is 4.09. The predicted molar refractivity (Wildman–Crippen MR) is 61.9 cm³/mol. The zero-order valence-corrected chi connectivity index (χ0v) is 9.10. The number of aryl methyl sites for hydroxylation is 2. The van der Waals surface area contributed by atoms with Crippen LogP contribution in [-0.4, -0.2) is 5.16 Å². The first-order valence-electron chi connectivity index (χ1n) is 5.00. The number of isothiocyanates is 1. The Morgan fingerprint density at radius 2 is 2.14 bits per heavy atom. The summed E-state index contributed by atoms with van der Waals surface area (Å²) in [6, 6.07) is 6.81. The Labute approximate surface area is 89.9 Å². The molecule has 0 bridgehead atoms. The van der Waals surface area contributed by atoms with Crippen LogP contribution in [-0.2, 0) is 12.8 Å². The van der Waals surface area contributed by atoms with Gasteiger partial charge in [0.25, 0.3) is 0 Å². The molecule has 72 valence electrons. The number of aliphatic imine (C=N–C) groups is 1. The molecule has 1 nitrogen and oxygen atoms in total. The molecule has 0 fully saturated rings. The van der Waals surface area contributed by atoms with E-state index >= 15 is 0 Å². The summed E-state index contributed by atoms with van der Waals surface area (Å²) in [5, 5.41) is 2.44. The quantitative estimate of drug-likeness (QED) is 0.530. The maximum Gasteiger partial charge on any atom is 0.0824 e. The topological polar surface area (TPSA) is 12.4 Å². The van der Waals surface area contributed by atoms with Crippen LogP contribution >= 0.6 is 12.2 Å². The van der Waals surface area contributed by atoms with Crippen molar-refractivity contribution in [1.82, 2.24) is 0 Å². The molecule has 2 rings (SSSR count). The van der Waals surface area contributed by atoms with Crippen LogP contribution in [0.5, 0.6) is 0 Å². The molecule has 0 aromatic heterocycles. The van der Waals surface area contributed by atoms with Crippen molar-refractivity contribution in [3.05, 3.63) is 34.9 Å². The highest BCUT2D eigenvalue weighted by Crippen LogP contribution is 2.26. The summed E-state index contributed by atoms with van der Waals surface area (Å²) < 4.78 is 0. The molecule has 0 saturated carbocycles. The highest BCUT2D eigenvalue weighted by Gasteiger charge is 2.12. The van der Waals surface area contributed by atoms with Crippen molar-refractivity contribution in [2.45, 2.75) is 32.2 Å². The molecule has 0 radical (unpaired) electrons. The molecule has 1 aliphatic carbocycles. The highest BCUT2D eigenvalue weighted by molar-refractivity contribution is 7.78. The zero-order chi connectivity index (χ0) is 9.97. The normalized spacial score (nSPS) is 15.8. The average molecular weight is 203 g/mol. The van der Waals surface area contributed by atoms with E-state index in [4.69, 9.17) is 0 Å². The second-order valence-electron chi connectivity index (χ2n) is 3.78. The fourth-order valence-electron chi connectivity index (χ4n) is 2.01. The highest BCUT2D eigenvalue weighted by atomic mass is 32.1. The first-order chi connectivity index (χ1) is 6.81. The van der Waals surface area contributed by atoms with E-state index in [9.17, 15) is 0 Å². The third-order valence-electron chi connectivity index (χ3n) is 2.85. The van der Waals surface area contributed by atoms with E-state index < -0.39 is 0 Å². The largest absolute Gasteiger partial charge is 0.225 e. The summed E-state index contributed by atoms with van der Waals surface area (Å²) in [5.41, 5.74) is 4.25. The van der Waals surface area contributed by atoms with E-state index in [0.717, 1.165) is 0 Å². The molecule has 0 amide bonds. The van der Waals surface area contributed by atoms with Crippen LogP contribution < -0.4 is 0 Å². The summed E-state index contributed by atoms with van der Waals surface area (Å²) in [7, 11) is 0. The van der Waals surface area contributed by atoms with Crippen LogP contribution in [0.3, 0.4) is 0 Å². The van der Waals surface area contributed by atoms with Gasteiger partial charge in [-0.1, -0.05) is 18.2 Å². The molecule has 0 N–H and O–H groups in total. The second-order valence-corrected chi connectivity index (χ2v) is 3.96. The van der Waals surface area contributed by atoms with Gasteiger partial charge < -0.3 is 0 Å². The van der Waals surface area contributed by atoms with Crippen LogP contribution in [0.15, 0.2) is 23.2 Å². The minimum Gasteiger partial charge on any atom is -0.225 e.